The molecule has 6 nitrogen and oxygen atoms in total. The average molecular weight is 392 g/mol. The van der Waals surface area contributed by atoms with E-state index in [1.54, 1.807) is 42.5 Å². The molecule has 4 rings (SSSR count). The molecule has 2 aromatic heterocycles. The van der Waals surface area contributed by atoms with Gasteiger partial charge in [-0.1, -0.05) is 24.3 Å². The van der Waals surface area contributed by atoms with E-state index >= 15 is 0 Å². The Bertz CT molecular complexity index is 1220. The van der Waals surface area contributed by atoms with Crippen molar-refractivity contribution in [3.8, 4) is 0 Å². The molecule has 0 aliphatic heterocycles. The Morgan fingerprint density at radius 2 is 1.97 bits per heavy atom. The van der Waals surface area contributed by atoms with Crippen molar-refractivity contribution >= 4 is 16.9 Å². The van der Waals surface area contributed by atoms with Gasteiger partial charge in [0.1, 0.15) is 18.2 Å². The van der Waals surface area contributed by atoms with E-state index in [1.165, 1.54) is 29.0 Å². The molecule has 2 heterocycles. The first kappa shape index (κ1) is 18.6. The number of hydrogen-bond donors (Lipinski definition) is 0. The molecule has 0 fully saturated rings. The lowest BCUT2D eigenvalue weighted by Gasteiger charge is -2.13. The van der Waals surface area contributed by atoms with Crippen LogP contribution in [0.4, 0.5) is 4.39 Å². The van der Waals surface area contributed by atoms with Gasteiger partial charge in [-0.3, -0.25) is 14.2 Å². The number of nitrogens with zero attached hydrogens (tertiary/aromatic N) is 2. The van der Waals surface area contributed by atoms with Crippen molar-refractivity contribution in [2.24, 2.45) is 0 Å². The molecule has 29 heavy (non-hydrogen) atoms. The second kappa shape index (κ2) is 8.10. The highest BCUT2D eigenvalue weighted by molar-refractivity contribution is 5.77. The van der Waals surface area contributed by atoms with Crippen molar-refractivity contribution in [1.82, 2.24) is 9.55 Å². The summed E-state index contributed by atoms with van der Waals surface area (Å²) in [4.78, 5) is 29.6. The van der Waals surface area contributed by atoms with Crippen LogP contribution in [0.2, 0.25) is 0 Å². The summed E-state index contributed by atoms with van der Waals surface area (Å²) < 4.78 is 25.4. The first-order chi connectivity index (χ1) is 14.1. The molecule has 0 spiro atoms. The molecule has 0 bridgehead atoms. The van der Waals surface area contributed by atoms with Crippen LogP contribution in [0.25, 0.3) is 10.9 Å². The maximum atomic E-state index is 13.3. The number of esters is 1. The maximum Gasteiger partial charge on any atom is 0.310 e. The van der Waals surface area contributed by atoms with Gasteiger partial charge in [0.15, 0.2) is 5.82 Å². The van der Waals surface area contributed by atoms with Crippen LogP contribution >= 0.6 is 0 Å². The molecule has 0 unspecified atom stereocenters. The van der Waals surface area contributed by atoms with Crippen LogP contribution in [0.5, 0.6) is 0 Å². The van der Waals surface area contributed by atoms with Crippen molar-refractivity contribution in [2.45, 2.75) is 19.6 Å². The van der Waals surface area contributed by atoms with Crippen molar-refractivity contribution < 1.29 is 18.3 Å². The van der Waals surface area contributed by atoms with Gasteiger partial charge in [0.2, 0.25) is 0 Å². The summed E-state index contributed by atoms with van der Waals surface area (Å²) in [6, 6.07) is 16.2. The number of furan rings is 1. The van der Waals surface area contributed by atoms with Crippen LogP contribution in [-0.2, 0) is 29.1 Å². The molecule has 0 saturated carbocycles. The van der Waals surface area contributed by atoms with E-state index in [-0.39, 0.29) is 25.1 Å². The normalized spacial score (nSPS) is 10.9. The van der Waals surface area contributed by atoms with Crippen molar-refractivity contribution in [3.63, 3.8) is 0 Å². The fraction of sp³-hybridized carbons (Fsp3) is 0.136. The molecule has 0 N–H and O–H groups in total. The number of halogens is 1. The van der Waals surface area contributed by atoms with Crippen LogP contribution < -0.4 is 5.56 Å². The minimum absolute atomic E-state index is 0.0756. The minimum Gasteiger partial charge on any atom is -0.467 e. The number of fused-ring (bicyclic) bond motifs is 1. The number of para-hydroxylation sites is 1. The Balaban J connectivity index is 1.59. The lowest BCUT2D eigenvalue weighted by molar-refractivity contribution is -0.144. The van der Waals surface area contributed by atoms with Crippen LogP contribution in [0.3, 0.4) is 0 Å². The Morgan fingerprint density at radius 1 is 1.10 bits per heavy atom. The molecule has 0 aliphatic carbocycles. The third kappa shape index (κ3) is 4.24. The minimum atomic E-state index is -0.539. The zero-order chi connectivity index (χ0) is 20.2. The quantitative estimate of drug-likeness (QED) is 0.470. The molecule has 0 aliphatic rings. The number of rotatable bonds is 6. The highest BCUT2D eigenvalue weighted by Gasteiger charge is 2.15. The summed E-state index contributed by atoms with van der Waals surface area (Å²) in [5, 5.41) is 0.467. The maximum absolute atomic E-state index is 13.3. The highest BCUT2D eigenvalue weighted by atomic mass is 19.1. The van der Waals surface area contributed by atoms with Gasteiger partial charge in [0.05, 0.1) is 30.1 Å². The van der Waals surface area contributed by atoms with Gasteiger partial charge in [-0.25, -0.2) is 9.37 Å². The number of ether oxygens (including phenoxy) is 1. The van der Waals surface area contributed by atoms with E-state index in [1.807, 2.05) is 0 Å². The Morgan fingerprint density at radius 3 is 2.76 bits per heavy atom. The lowest BCUT2D eigenvalue weighted by atomic mass is 10.1. The van der Waals surface area contributed by atoms with Gasteiger partial charge >= 0.3 is 5.97 Å². The van der Waals surface area contributed by atoms with Crippen LogP contribution in [0.1, 0.15) is 17.1 Å². The first-order valence-corrected chi connectivity index (χ1v) is 9.01. The average Bonchev–Trinajstić information content (AvgIpc) is 3.22. The molecule has 0 atom stereocenters. The van der Waals surface area contributed by atoms with Crippen LogP contribution in [0.15, 0.2) is 76.1 Å². The molecule has 146 valence electrons. The van der Waals surface area contributed by atoms with E-state index in [9.17, 15) is 14.0 Å². The molecule has 0 saturated heterocycles. The summed E-state index contributed by atoms with van der Waals surface area (Å²) in [6.07, 6.45) is 1.45. The van der Waals surface area contributed by atoms with Crippen LogP contribution in [-0.4, -0.2) is 15.5 Å². The summed E-state index contributed by atoms with van der Waals surface area (Å²) in [5.41, 5.74) is 0.780. The van der Waals surface area contributed by atoms with E-state index < -0.39 is 11.8 Å². The Kier molecular flexibility index (Phi) is 5.20. The third-order valence-electron chi connectivity index (χ3n) is 4.43. The summed E-state index contributed by atoms with van der Waals surface area (Å²) in [5.74, 6) is -0.0736. The fourth-order valence-corrected chi connectivity index (χ4v) is 3.06. The van der Waals surface area contributed by atoms with Gasteiger partial charge in [0, 0.05) is 0 Å². The number of benzene rings is 2. The van der Waals surface area contributed by atoms with Gasteiger partial charge in [-0.15, -0.1) is 0 Å². The number of carbonyl (C=O) groups is 1. The second-order valence-corrected chi connectivity index (χ2v) is 6.48. The lowest BCUT2D eigenvalue weighted by Crippen LogP contribution is -2.27. The van der Waals surface area contributed by atoms with Gasteiger partial charge in [-0.05, 0) is 42.0 Å². The molecule has 4 aromatic rings. The molecule has 0 radical (unpaired) electrons. The van der Waals surface area contributed by atoms with E-state index in [2.05, 4.69) is 4.98 Å². The molecular formula is C22H17FN2O4. The molecule has 0 amide bonds. The summed E-state index contributed by atoms with van der Waals surface area (Å²) in [7, 11) is 0. The summed E-state index contributed by atoms with van der Waals surface area (Å²) >= 11 is 0. The SMILES string of the molecule is O=C(Cc1cccc(F)c1)OCc1nc2ccccc2c(=O)n1Cc1ccco1. The smallest absolute Gasteiger partial charge is 0.310 e. The topological polar surface area (TPSA) is 74.3 Å². The monoisotopic (exact) mass is 392 g/mol. The van der Waals surface area contributed by atoms with Gasteiger partial charge in [-0.2, -0.15) is 0 Å². The number of hydrogen-bond acceptors (Lipinski definition) is 5. The molecule has 2 aromatic carbocycles. The molecular weight excluding hydrogens is 375 g/mol. The van der Waals surface area contributed by atoms with Crippen molar-refractivity contribution in [3.05, 3.63) is 100 Å². The predicted molar refractivity (Wildman–Crippen MR) is 104 cm³/mol. The van der Waals surface area contributed by atoms with Gasteiger partial charge < -0.3 is 9.15 Å². The standard InChI is InChI=1S/C22H17FN2O4/c23-16-6-3-5-15(11-16)12-21(26)29-14-20-24-19-9-2-1-8-18(19)22(27)25(20)13-17-7-4-10-28-17/h1-11H,12-14H2. The van der Waals surface area contributed by atoms with E-state index in [4.69, 9.17) is 9.15 Å². The first-order valence-electron chi connectivity index (χ1n) is 9.01. The Hall–Kier alpha value is -3.74. The summed E-state index contributed by atoms with van der Waals surface area (Å²) in [6.45, 7) is -0.0185. The van der Waals surface area contributed by atoms with E-state index in [0.29, 0.717) is 28.1 Å². The van der Waals surface area contributed by atoms with Gasteiger partial charge in [0.25, 0.3) is 5.56 Å². The largest absolute Gasteiger partial charge is 0.467 e. The Labute approximate surface area is 165 Å². The number of aromatic nitrogens is 2. The fourth-order valence-electron chi connectivity index (χ4n) is 3.06. The third-order valence-corrected chi connectivity index (χ3v) is 4.43. The number of carbonyl (C=O) groups excluding carboxylic acids is 1. The zero-order valence-corrected chi connectivity index (χ0v) is 15.4. The second-order valence-electron chi connectivity index (χ2n) is 6.48. The van der Waals surface area contributed by atoms with Crippen LogP contribution in [0, 0.1) is 5.82 Å². The highest BCUT2D eigenvalue weighted by Crippen LogP contribution is 2.12. The van der Waals surface area contributed by atoms with E-state index in [0.717, 1.165) is 0 Å². The van der Waals surface area contributed by atoms with Crippen molar-refractivity contribution in [2.75, 3.05) is 0 Å². The predicted octanol–water partition coefficient (Wildman–Crippen LogP) is 3.46. The zero-order valence-electron chi connectivity index (χ0n) is 15.4. The molecule has 7 heteroatoms. The van der Waals surface area contributed by atoms with Crippen molar-refractivity contribution in [1.29, 1.82) is 0 Å².